The minimum absolute atomic E-state index is 0.0148. The van der Waals surface area contributed by atoms with Crippen molar-refractivity contribution in [2.45, 2.75) is 44.2 Å². The summed E-state index contributed by atoms with van der Waals surface area (Å²) >= 11 is 4.26. The van der Waals surface area contributed by atoms with E-state index in [0.717, 1.165) is 40.9 Å². The number of carbonyl (C=O) groups is 1. The van der Waals surface area contributed by atoms with Crippen molar-refractivity contribution in [3.8, 4) is 0 Å². The van der Waals surface area contributed by atoms with Crippen molar-refractivity contribution in [2.24, 2.45) is 7.05 Å². The van der Waals surface area contributed by atoms with Crippen LogP contribution in [0.15, 0.2) is 9.95 Å². The number of hydrogen-bond donors (Lipinski definition) is 1. The maximum atomic E-state index is 12.9. The van der Waals surface area contributed by atoms with Crippen molar-refractivity contribution in [3.63, 3.8) is 0 Å². The Morgan fingerprint density at radius 2 is 2.07 bits per heavy atom. The number of anilines is 1. The lowest BCUT2D eigenvalue weighted by atomic mass is 9.97. The van der Waals surface area contributed by atoms with Crippen LogP contribution < -0.4 is 10.9 Å². The van der Waals surface area contributed by atoms with Gasteiger partial charge in [-0.3, -0.25) is 19.5 Å². The maximum absolute atomic E-state index is 12.9. The molecule has 0 saturated heterocycles. The zero-order chi connectivity index (χ0) is 19.0. The number of aryl methyl sites for hydroxylation is 3. The van der Waals surface area contributed by atoms with E-state index in [0.29, 0.717) is 10.3 Å². The largest absolute Gasteiger partial charge is 0.300 e. The highest BCUT2D eigenvalue weighted by Crippen LogP contribution is 2.34. The smallest absolute Gasteiger partial charge is 0.262 e. The predicted octanol–water partition coefficient (Wildman–Crippen LogP) is 3.02. The Balaban J connectivity index is 1.52. The molecule has 0 saturated carbocycles. The first kappa shape index (κ1) is 18.6. The van der Waals surface area contributed by atoms with Gasteiger partial charge in [0, 0.05) is 11.9 Å². The first-order chi connectivity index (χ1) is 13.1. The molecule has 27 heavy (non-hydrogen) atoms. The number of aromatic nitrogens is 4. The third kappa shape index (κ3) is 3.65. The number of hydrogen-bond acceptors (Lipinski definition) is 8. The number of thiophene rings is 1. The summed E-state index contributed by atoms with van der Waals surface area (Å²) in [5.41, 5.74) is 1.17. The normalized spacial score (nSPS) is 13.7. The second-order valence-corrected chi connectivity index (χ2v) is 9.43. The fourth-order valence-corrected chi connectivity index (χ4v) is 5.90. The standard InChI is InChI=1S/C17H19N5O2S3/c1-3-12-20-21-16(27-12)18-11(23)8-25-17-19-14-13(15(24)22(17)2)9-6-4-5-7-10(9)26-14/h3-8H2,1-2H3,(H,18,21,23). The number of rotatable bonds is 5. The molecular formula is C17H19N5O2S3. The summed E-state index contributed by atoms with van der Waals surface area (Å²) in [5.74, 6) is -0.0172. The first-order valence-electron chi connectivity index (χ1n) is 8.83. The average Bonchev–Trinajstić information content (AvgIpc) is 3.27. The Bertz CT molecular complexity index is 1070. The zero-order valence-corrected chi connectivity index (χ0v) is 17.5. The van der Waals surface area contributed by atoms with Crippen LogP contribution in [-0.2, 0) is 31.1 Å². The molecule has 4 rings (SSSR count). The molecule has 0 bridgehead atoms. The predicted molar refractivity (Wildman–Crippen MR) is 110 cm³/mol. The van der Waals surface area contributed by atoms with Crippen molar-refractivity contribution < 1.29 is 4.79 Å². The van der Waals surface area contributed by atoms with Crippen molar-refractivity contribution in [2.75, 3.05) is 11.1 Å². The number of nitrogens with one attached hydrogen (secondary N) is 1. The monoisotopic (exact) mass is 421 g/mol. The van der Waals surface area contributed by atoms with Crippen LogP contribution in [0.1, 0.15) is 35.2 Å². The molecule has 3 aromatic rings. The number of carbonyl (C=O) groups excluding carboxylic acids is 1. The third-order valence-electron chi connectivity index (χ3n) is 4.50. The fourth-order valence-electron chi connectivity index (χ4n) is 3.13. The SMILES string of the molecule is CCc1nnc(NC(=O)CSc2nc3sc4c(c3c(=O)n2C)CCCC4)s1. The molecule has 0 aliphatic heterocycles. The second-order valence-electron chi connectivity index (χ2n) is 6.34. The fraction of sp³-hybridized carbons (Fsp3) is 0.471. The molecule has 3 heterocycles. The summed E-state index contributed by atoms with van der Waals surface area (Å²) < 4.78 is 1.56. The van der Waals surface area contributed by atoms with Crippen molar-refractivity contribution in [1.29, 1.82) is 0 Å². The molecule has 10 heteroatoms. The van der Waals surface area contributed by atoms with E-state index in [1.165, 1.54) is 40.0 Å². The van der Waals surface area contributed by atoms with Crippen molar-refractivity contribution in [3.05, 3.63) is 25.8 Å². The number of amides is 1. The lowest BCUT2D eigenvalue weighted by Crippen LogP contribution is -2.21. The molecule has 0 unspecified atom stereocenters. The first-order valence-corrected chi connectivity index (χ1v) is 11.4. The minimum Gasteiger partial charge on any atom is -0.300 e. The van der Waals surface area contributed by atoms with E-state index in [4.69, 9.17) is 0 Å². The molecule has 0 aromatic carbocycles. The minimum atomic E-state index is -0.182. The average molecular weight is 422 g/mol. The quantitative estimate of drug-likeness (QED) is 0.503. The molecule has 0 atom stereocenters. The van der Waals surface area contributed by atoms with E-state index in [9.17, 15) is 9.59 Å². The van der Waals surface area contributed by atoms with Gasteiger partial charge >= 0.3 is 0 Å². The van der Waals surface area contributed by atoms with Gasteiger partial charge < -0.3 is 0 Å². The molecule has 1 N–H and O–H groups in total. The van der Waals surface area contributed by atoms with E-state index < -0.39 is 0 Å². The van der Waals surface area contributed by atoms with Gasteiger partial charge in [0.15, 0.2) is 5.16 Å². The summed E-state index contributed by atoms with van der Waals surface area (Å²) in [6.07, 6.45) is 5.09. The Labute approximate surface area is 168 Å². The maximum Gasteiger partial charge on any atom is 0.262 e. The van der Waals surface area contributed by atoms with Gasteiger partial charge in [-0.05, 0) is 37.7 Å². The van der Waals surface area contributed by atoms with Crippen LogP contribution in [0.5, 0.6) is 0 Å². The zero-order valence-electron chi connectivity index (χ0n) is 15.1. The Hall–Kier alpha value is -1.78. The Morgan fingerprint density at radius 1 is 1.26 bits per heavy atom. The number of fused-ring (bicyclic) bond motifs is 3. The van der Waals surface area contributed by atoms with Crippen LogP contribution in [0.3, 0.4) is 0 Å². The van der Waals surface area contributed by atoms with Crippen LogP contribution in [0.4, 0.5) is 5.13 Å². The van der Waals surface area contributed by atoms with Gasteiger partial charge in [0.25, 0.3) is 5.56 Å². The summed E-state index contributed by atoms with van der Waals surface area (Å²) in [6.45, 7) is 1.99. The third-order valence-corrected chi connectivity index (χ3v) is 7.70. The summed E-state index contributed by atoms with van der Waals surface area (Å²) in [7, 11) is 1.72. The van der Waals surface area contributed by atoms with Gasteiger partial charge in [0.2, 0.25) is 11.0 Å². The summed E-state index contributed by atoms with van der Waals surface area (Å²) in [6, 6.07) is 0. The van der Waals surface area contributed by atoms with Gasteiger partial charge in [-0.25, -0.2) is 4.98 Å². The molecule has 7 nitrogen and oxygen atoms in total. The van der Waals surface area contributed by atoms with Crippen molar-refractivity contribution >= 4 is 55.7 Å². The molecule has 1 aliphatic carbocycles. The highest BCUT2D eigenvalue weighted by Gasteiger charge is 2.21. The van der Waals surface area contributed by atoms with Crippen LogP contribution >= 0.6 is 34.4 Å². The van der Waals surface area contributed by atoms with Crippen molar-refractivity contribution in [1.82, 2.24) is 19.7 Å². The highest BCUT2D eigenvalue weighted by atomic mass is 32.2. The molecule has 0 spiro atoms. The number of thioether (sulfide) groups is 1. The van der Waals surface area contributed by atoms with E-state index in [1.54, 1.807) is 23.0 Å². The lowest BCUT2D eigenvalue weighted by Gasteiger charge is -2.10. The molecule has 0 radical (unpaired) electrons. The van der Waals surface area contributed by atoms with Crippen LogP contribution in [0.25, 0.3) is 10.2 Å². The van der Waals surface area contributed by atoms with Gasteiger partial charge in [0.05, 0.1) is 11.1 Å². The molecule has 3 aromatic heterocycles. The second kappa shape index (κ2) is 7.69. The van der Waals surface area contributed by atoms with Gasteiger partial charge in [0.1, 0.15) is 9.84 Å². The van der Waals surface area contributed by atoms with E-state index >= 15 is 0 Å². The van der Waals surface area contributed by atoms with E-state index in [2.05, 4.69) is 20.5 Å². The van der Waals surface area contributed by atoms with E-state index in [1.807, 2.05) is 6.92 Å². The van der Waals surface area contributed by atoms with Crippen LogP contribution in [-0.4, -0.2) is 31.4 Å². The van der Waals surface area contributed by atoms with Crippen LogP contribution in [0, 0.1) is 0 Å². The van der Waals surface area contributed by atoms with Gasteiger partial charge in [-0.1, -0.05) is 30.0 Å². The molecular weight excluding hydrogens is 402 g/mol. The summed E-state index contributed by atoms with van der Waals surface area (Å²) in [4.78, 5) is 31.8. The molecule has 0 fully saturated rings. The highest BCUT2D eigenvalue weighted by molar-refractivity contribution is 7.99. The number of nitrogens with zero attached hydrogens (tertiary/aromatic N) is 4. The Kier molecular flexibility index (Phi) is 5.29. The Morgan fingerprint density at radius 3 is 2.85 bits per heavy atom. The van der Waals surface area contributed by atoms with E-state index in [-0.39, 0.29) is 17.2 Å². The molecule has 1 amide bonds. The van der Waals surface area contributed by atoms with Gasteiger partial charge in [-0.2, -0.15) is 0 Å². The summed E-state index contributed by atoms with van der Waals surface area (Å²) in [5, 5.41) is 13.4. The van der Waals surface area contributed by atoms with Crippen LogP contribution in [0.2, 0.25) is 0 Å². The lowest BCUT2D eigenvalue weighted by molar-refractivity contribution is -0.113. The molecule has 142 valence electrons. The topological polar surface area (TPSA) is 89.8 Å². The molecule has 1 aliphatic rings. The van der Waals surface area contributed by atoms with Gasteiger partial charge in [-0.15, -0.1) is 21.5 Å².